The SMILES string of the molecule is CCCCC(CC)COCC(O)CNCC(=O)N(C)CC. The Labute approximate surface area is 130 Å². The normalized spacial score (nSPS) is 14.0. The first kappa shape index (κ1) is 20.3. The quantitative estimate of drug-likeness (QED) is 0.543. The van der Waals surface area contributed by atoms with E-state index in [1.54, 1.807) is 11.9 Å². The van der Waals surface area contributed by atoms with Crippen molar-refractivity contribution in [1.82, 2.24) is 10.2 Å². The molecular weight excluding hydrogens is 268 g/mol. The predicted octanol–water partition coefficient (Wildman–Crippen LogP) is 1.65. The summed E-state index contributed by atoms with van der Waals surface area (Å²) in [6.45, 7) is 8.69. The number of carbonyl (C=O) groups is 1. The molecule has 1 amide bonds. The van der Waals surface area contributed by atoms with E-state index in [1.165, 1.54) is 19.3 Å². The van der Waals surface area contributed by atoms with Gasteiger partial charge in [-0.15, -0.1) is 0 Å². The van der Waals surface area contributed by atoms with Gasteiger partial charge in [0.2, 0.25) is 5.91 Å². The molecule has 0 aliphatic carbocycles. The molecule has 0 aromatic carbocycles. The van der Waals surface area contributed by atoms with E-state index < -0.39 is 6.10 Å². The first-order chi connectivity index (χ1) is 10.0. The summed E-state index contributed by atoms with van der Waals surface area (Å²) in [5.74, 6) is 0.626. The molecule has 5 nitrogen and oxygen atoms in total. The number of hydrogen-bond donors (Lipinski definition) is 2. The number of aliphatic hydroxyl groups excluding tert-OH is 1. The summed E-state index contributed by atoms with van der Waals surface area (Å²) < 4.78 is 5.59. The third kappa shape index (κ3) is 10.7. The van der Waals surface area contributed by atoms with E-state index >= 15 is 0 Å². The molecule has 2 unspecified atom stereocenters. The van der Waals surface area contributed by atoms with Crippen molar-refractivity contribution in [2.45, 2.75) is 52.6 Å². The van der Waals surface area contributed by atoms with Crippen molar-refractivity contribution in [3.8, 4) is 0 Å². The smallest absolute Gasteiger partial charge is 0.236 e. The molecule has 0 saturated carbocycles. The zero-order valence-corrected chi connectivity index (χ0v) is 14.2. The van der Waals surface area contributed by atoms with Gasteiger partial charge in [0.1, 0.15) is 0 Å². The van der Waals surface area contributed by atoms with E-state index in [9.17, 15) is 9.90 Å². The molecular formula is C16H34N2O3. The zero-order chi connectivity index (χ0) is 16.1. The average Bonchev–Trinajstić information content (AvgIpc) is 2.49. The van der Waals surface area contributed by atoms with Crippen LogP contribution in [0.1, 0.15) is 46.5 Å². The number of likely N-dealkylation sites (N-methyl/N-ethyl adjacent to an activating group) is 1. The van der Waals surface area contributed by atoms with Crippen molar-refractivity contribution < 1.29 is 14.6 Å². The Bertz CT molecular complexity index is 262. The molecule has 0 rings (SSSR count). The van der Waals surface area contributed by atoms with E-state index in [0.29, 0.717) is 32.2 Å². The molecule has 0 heterocycles. The van der Waals surface area contributed by atoms with Gasteiger partial charge in [-0.25, -0.2) is 0 Å². The van der Waals surface area contributed by atoms with Crippen LogP contribution in [0.5, 0.6) is 0 Å². The third-order valence-corrected chi connectivity index (χ3v) is 3.76. The maximum absolute atomic E-state index is 11.5. The fraction of sp³-hybridized carbons (Fsp3) is 0.938. The Morgan fingerprint density at radius 3 is 2.57 bits per heavy atom. The molecule has 21 heavy (non-hydrogen) atoms. The second-order valence-electron chi connectivity index (χ2n) is 5.65. The fourth-order valence-corrected chi connectivity index (χ4v) is 1.98. The fourth-order valence-electron chi connectivity index (χ4n) is 1.98. The summed E-state index contributed by atoms with van der Waals surface area (Å²) in [5, 5.41) is 12.8. The summed E-state index contributed by atoms with van der Waals surface area (Å²) in [6, 6.07) is 0. The maximum Gasteiger partial charge on any atom is 0.236 e. The molecule has 0 spiro atoms. The number of amides is 1. The van der Waals surface area contributed by atoms with Crippen molar-refractivity contribution >= 4 is 5.91 Å². The number of hydrogen-bond acceptors (Lipinski definition) is 4. The van der Waals surface area contributed by atoms with E-state index in [4.69, 9.17) is 4.74 Å². The van der Waals surface area contributed by atoms with E-state index in [1.807, 2.05) is 6.92 Å². The maximum atomic E-state index is 11.5. The lowest BCUT2D eigenvalue weighted by Crippen LogP contribution is -2.39. The van der Waals surface area contributed by atoms with E-state index in [2.05, 4.69) is 19.2 Å². The molecule has 0 aliphatic heterocycles. The van der Waals surface area contributed by atoms with Crippen LogP contribution in [0.4, 0.5) is 0 Å². The number of nitrogens with zero attached hydrogens (tertiary/aromatic N) is 1. The molecule has 0 saturated heterocycles. The van der Waals surface area contributed by atoms with E-state index in [0.717, 1.165) is 6.42 Å². The van der Waals surface area contributed by atoms with Gasteiger partial charge in [0.25, 0.3) is 0 Å². The van der Waals surface area contributed by atoms with Crippen LogP contribution in [0.15, 0.2) is 0 Å². The molecule has 0 aromatic rings. The zero-order valence-electron chi connectivity index (χ0n) is 14.2. The Hall–Kier alpha value is -0.650. The van der Waals surface area contributed by atoms with Gasteiger partial charge in [-0.05, 0) is 19.3 Å². The molecule has 0 aliphatic rings. The van der Waals surface area contributed by atoms with Crippen LogP contribution < -0.4 is 5.32 Å². The Morgan fingerprint density at radius 1 is 1.29 bits per heavy atom. The van der Waals surface area contributed by atoms with Gasteiger partial charge in [-0.3, -0.25) is 4.79 Å². The lowest BCUT2D eigenvalue weighted by Gasteiger charge is -2.18. The number of ether oxygens (including phenoxy) is 1. The van der Waals surface area contributed by atoms with Gasteiger partial charge < -0.3 is 20.1 Å². The minimum absolute atomic E-state index is 0.0382. The molecule has 2 atom stereocenters. The molecule has 0 radical (unpaired) electrons. The van der Waals surface area contributed by atoms with Gasteiger partial charge in [-0.2, -0.15) is 0 Å². The van der Waals surface area contributed by atoms with Gasteiger partial charge in [0.05, 0.1) is 19.3 Å². The molecule has 0 fully saturated rings. The summed E-state index contributed by atoms with van der Waals surface area (Å²) in [5.41, 5.74) is 0. The van der Waals surface area contributed by atoms with Gasteiger partial charge in [-0.1, -0.05) is 33.1 Å². The highest BCUT2D eigenvalue weighted by atomic mass is 16.5. The molecule has 0 bridgehead atoms. The molecule has 5 heteroatoms. The van der Waals surface area contributed by atoms with Crippen LogP contribution in [-0.4, -0.2) is 61.9 Å². The average molecular weight is 302 g/mol. The molecule has 2 N–H and O–H groups in total. The van der Waals surface area contributed by atoms with Crippen molar-refractivity contribution in [2.75, 3.05) is 39.9 Å². The van der Waals surface area contributed by atoms with Crippen molar-refractivity contribution in [3.05, 3.63) is 0 Å². The number of carbonyl (C=O) groups excluding carboxylic acids is 1. The molecule has 126 valence electrons. The third-order valence-electron chi connectivity index (χ3n) is 3.76. The van der Waals surface area contributed by atoms with Crippen molar-refractivity contribution in [2.24, 2.45) is 5.92 Å². The molecule has 0 aromatic heterocycles. The second-order valence-corrected chi connectivity index (χ2v) is 5.65. The highest BCUT2D eigenvalue weighted by molar-refractivity contribution is 5.77. The predicted molar refractivity (Wildman–Crippen MR) is 86.3 cm³/mol. The lowest BCUT2D eigenvalue weighted by atomic mass is 10.0. The Morgan fingerprint density at radius 2 is 2.00 bits per heavy atom. The summed E-state index contributed by atoms with van der Waals surface area (Å²) in [7, 11) is 1.77. The number of nitrogens with one attached hydrogen (secondary N) is 1. The summed E-state index contributed by atoms with van der Waals surface area (Å²) in [4.78, 5) is 13.2. The van der Waals surface area contributed by atoms with Gasteiger partial charge in [0, 0.05) is 26.7 Å². The van der Waals surface area contributed by atoms with Crippen LogP contribution in [0, 0.1) is 5.92 Å². The van der Waals surface area contributed by atoms with Crippen LogP contribution in [-0.2, 0) is 9.53 Å². The minimum atomic E-state index is -0.562. The summed E-state index contributed by atoms with van der Waals surface area (Å²) >= 11 is 0. The van der Waals surface area contributed by atoms with E-state index in [-0.39, 0.29) is 12.5 Å². The first-order valence-corrected chi connectivity index (χ1v) is 8.25. The lowest BCUT2D eigenvalue weighted by molar-refractivity contribution is -0.128. The Balaban J connectivity index is 3.65. The van der Waals surface area contributed by atoms with Crippen LogP contribution in [0.25, 0.3) is 0 Å². The highest BCUT2D eigenvalue weighted by Crippen LogP contribution is 2.12. The number of aliphatic hydroxyl groups is 1. The standard InChI is InChI=1S/C16H34N2O3/c1-5-8-9-14(6-2)12-21-13-15(19)10-17-11-16(20)18(4)7-3/h14-15,17,19H,5-13H2,1-4H3. The second kappa shape index (κ2) is 13.0. The van der Waals surface area contributed by atoms with Crippen molar-refractivity contribution in [1.29, 1.82) is 0 Å². The van der Waals surface area contributed by atoms with Gasteiger partial charge in [0.15, 0.2) is 0 Å². The van der Waals surface area contributed by atoms with Crippen LogP contribution in [0.2, 0.25) is 0 Å². The van der Waals surface area contributed by atoms with Gasteiger partial charge >= 0.3 is 0 Å². The first-order valence-electron chi connectivity index (χ1n) is 8.25. The monoisotopic (exact) mass is 302 g/mol. The largest absolute Gasteiger partial charge is 0.389 e. The highest BCUT2D eigenvalue weighted by Gasteiger charge is 2.10. The Kier molecular flexibility index (Phi) is 12.6. The summed E-state index contributed by atoms with van der Waals surface area (Å²) in [6.07, 6.45) is 4.20. The number of rotatable bonds is 13. The van der Waals surface area contributed by atoms with Crippen LogP contribution >= 0.6 is 0 Å². The topological polar surface area (TPSA) is 61.8 Å². The minimum Gasteiger partial charge on any atom is -0.389 e. The van der Waals surface area contributed by atoms with Crippen LogP contribution in [0.3, 0.4) is 0 Å². The van der Waals surface area contributed by atoms with Crippen molar-refractivity contribution in [3.63, 3.8) is 0 Å². The number of unbranched alkanes of at least 4 members (excludes halogenated alkanes) is 1.